The molecule has 208 valence electrons. The SMILES string of the molecule is COCC(=O)NCc1cc(Oc2nc(O[C@H](CC(C)C)C(=O)O)c(F)cc2F)cc(-c2cccc(CN)c2)c1. The Morgan fingerprint density at radius 3 is 2.41 bits per heavy atom. The van der Waals surface area contributed by atoms with E-state index in [2.05, 4.69) is 10.3 Å². The Hall–Kier alpha value is -4.09. The highest BCUT2D eigenvalue weighted by Crippen LogP contribution is 2.32. The molecule has 0 fully saturated rings. The molecule has 1 aromatic heterocycles. The van der Waals surface area contributed by atoms with Crippen LogP contribution in [-0.2, 0) is 27.4 Å². The average Bonchev–Trinajstić information content (AvgIpc) is 2.89. The highest BCUT2D eigenvalue weighted by atomic mass is 19.1. The Morgan fingerprint density at radius 1 is 1.03 bits per heavy atom. The molecule has 9 nitrogen and oxygen atoms in total. The molecule has 0 saturated heterocycles. The van der Waals surface area contributed by atoms with Gasteiger partial charge in [-0.25, -0.2) is 13.6 Å². The average molecular weight is 544 g/mol. The van der Waals surface area contributed by atoms with E-state index in [1.807, 2.05) is 30.3 Å². The van der Waals surface area contributed by atoms with Gasteiger partial charge in [0.25, 0.3) is 11.8 Å². The second-order valence-electron chi connectivity index (χ2n) is 9.22. The number of aromatic nitrogens is 1. The van der Waals surface area contributed by atoms with Gasteiger partial charge in [-0.05, 0) is 58.9 Å². The minimum absolute atomic E-state index is 0.0614. The minimum atomic E-state index is -1.38. The zero-order valence-corrected chi connectivity index (χ0v) is 21.9. The maximum atomic E-state index is 14.7. The lowest BCUT2D eigenvalue weighted by Crippen LogP contribution is -2.29. The fourth-order valence-corrected chi connectivity index (χ4v) is 3.71. The molecule has 4 N–H and O–H groups in total. The summed E-state index contributed by atoms with van der Waals surface area (Å²) in [5.74, 6) is -5.14. The first-order valence-corrected chi connectivity index (χ1v) is 12.2. The van der Waals surface area contributed by atoms with Crippen molar-refractivity contribution in [1.29, 1.82) is 0 Å². The van der Waals surface area contributed by atoms with Crippen LogP contribution in [0.2, 0.25) is 0 Å². The molecule has 0 aliphatic carbocycles. The van der Waals surface area contributed by atoms with E-state index in [1.165, 1.54) is 7.11 Å². The van der Waals surface area contributed by atoms with Crippen molar-refractivity contribution in [2.75, 3.05) is 13.7 Å². The Balaban J connectivity index is 1.98. The number of carbonyl (C=O) groups is 2. The zero-order valence-electron chi connectivity index (χ0n) is 21.9. The van der Waals surface area contributed by atoms with Crippen LogP contribution in [-0.4, -0.2) is 41.8 Å². The van der Waals surface area contributed by atoms with Gasteiger partial charge in [0.1, 0.15) is 12.4 Å². The second-order valence-corrected chi connectivity index (χ2v) is 9.22. The lowest BCUT2D eigenvalue weighted by molar-refractivity contribution is -0.146. The van der Waals surface area contributed by atoms with Crippen LogP contribution in [0.5, 0.6) is 17.5 Å². The fraction of sp³-hybridized carbons (Fsp3) is 0.321. The summed E-state index contributed by atoms with van der Waals surface area (Å²) in [5.41, 5.74) is 8.76. The number of nitrogens with one attached hydrogen (secondary N) is 1. The molecule has 0 aliphatic heterocycles. The maximum Gasteiger partial charge on any atom is 0.344 e. The third-order valence-corrected chi connectivity index (χ3v) is 5.52. The molecule has 3 rings (SSSR count). The Kier molecular flexibility index (Phi) is 10.3. The summed E-state index contributed by atoms with van der Waals surface area (Å²) in [4.78, 5) is 27.3. The third kappa shape index (κ3) is 8.45. The van der Waals surface area contributed by atoms with Crippen molar-refractivity contribution in [2.45, 2.75) is 39.5 Å². The van der Waals surface area contributed by atoms with Gasteiger partial charge in [0.15, 0.2) is 17.7 Å². The molecular weight excluding hydrogens is 512 g/mol. The van der Waals surface area contributed by atoms with Gasteiger partial charge >= 0.3 is 5.97 Å². The number of rotatable bonds is 13. The molecule has 0 aliphatic rings. The van der Waals surface area contributed by atoms with E-state index in [4.69, 9.17) is 19.9 Å². The van der Waals surface area contributed by atoms with E-state index in [0.717, 1.165) is 11.1 Å². The summed E-state index contributed by atoms with van der Waals surface area (Å²) < 4.78 is 45.0. The molecule has 0 radical (unpaired) electrons. The fourth-order valence-electron chi connectivity index (χ4n) is 3.71. The van der Waals surface area contributed by atoms with Crippen molar-refractivity contribution in [2.24, 2.45) is 11.7 Å². The number of carboxylic acid groups (broad SMARTS) is 1. The third-order valence-electron chi connectivity index (χ3n) is 5.52. The van der Waals surface area contributed by atoms with Crippen LogP contribution < -0.4 is 20.5 Å². The highest BCUT2D eigenvalue weighted by Gasteiger charge is 2.25. The van der Waals surface area contributed by atoms with Gasteiger partial charge in [-0.15, -0.1) is 0 Å². The summed E-state index contributed by atoms with van der Waals surface area (Å²) in [6.45, 7) is 3.89. The van der Waals surface area contributed by atoms with Crippen LogP contribution in [0.25, 0.3) is 11.1 Å². The smallest absolute Gasteiger partial charge is 0.344 e. The predicted molar refractivity (Wildman–Crippen MR) is 139 cm³/mol. The van der Waals surface area contributed by atoms with Gasteiger partial charge in [0.05, 0.1) is 0 Å². The molecule has 1 atom stereocenters. The number of methoxy groups -OCH3 is 1. The first-order valence-electron chi connectivity index (χ1n) is 12.2. The number of pyridine rings is 1. The van der Waals surface area contributed by atoms with Gasteiger partial charge in [-0.3, -0.25) is 4.79 Å². The first-order chi connectivity index (χ1) is 18.6. The number of nitrogens with zero attached hydrogens (tertiary/aromatic N) is 1. The molecule has 0 spiro atoms. The number of aliphatic carboxylic acids is 1. The molecule has 39 heavy (non-hydrogen) atoms. The van der Waals surface area contributed by atoms with Crippen LogP contribution in [0.15, 0.2) is 48.5 Å². The van der Waals surface area contributed by atoms with E-state index < -0.39 is 35.5 Å². The van der Waals surface area contributed by atoms with Crippen molar-refractivity contribution >= 4 is 11.9 Å². The van der Waals surface area contributed by atoms with Crippen molar-refractivity contribution in [3.05, 3.63) is 71.3 Å². The number of hydrogen-bond acceptors (Lipinski definition) is 7. The molecule has 2 aromatic carbocycles. The largest absolute Gasteiger partial charge is 0.479 e. The highest BCUT2D eigenvalue weighted by molar-refractivity contribution is 5.77. The first kappa shape index (κ1) is 29.5. The lowest BCUT2D eigenvalue weighted by Gasteiger charge is -2.17. The zero-order chi connectivity index (χ0) is 28.5. The summed E-state index contributed by atoms with van der Waals surface area (Å²) in [5, 5.41) is 12.2. The van der Waals surface area contributed by atoms with Crippen molar-refractivity contribution in [1.82, 2.24) is 10.3 Å². The summed E-state index contributed by atoms with van der Waals surface area (Å²) in [6, 6.07) is 13.0. The number of amides is 1. The van der Waals surface area contributed by atoms with Crippen LogP contribution in [0.3, 0.4) is 0 Å². The topological polar surface area (TPSA) is 133 Å². The Morgan fingerprint density at radius 2 is 1.74 bits per heavy atom. The van der Waals surface area contributed by atoms with Gasteiger partial charge in [-0.2, -0.15) is 4.98 Å². The van der Waals surface area contributed by atoms with Crippen LogP contribution in [0.4, 0.5) is 8.78 Å². The van der Waals surface area contributed by atoms with Crippen LogP contribution >= 0.6 is 0 Å². The summed E-state index contributed by atoms with van der Waals surface area (Å²) in [7, 11) is 1.40. The lowest BCUT2D eigenvalue weighted by atomic mass is 10.0. The molecule has 11 heteroatoms. The number of ether oxygens (including phenoxy) is 3. The number of nitrogens with two attached hydrogens (primary N) is 1. The van der Waals surface area contributed by atoms with E-state index >= 15 is 0 Å². The van der Waals surface area contributed by atoms with E-state index in [0.29, 0.717) is 23.7 Å². The van der Waals surface area contributed by atoms with Gasteiger partial charge in [-0.1, -0.05) is 32.0 Å². The van der Waals surface area contributed by atoms with Crippen molar-refractivity contribution in [3.63, 3.8) is 0 Å². The predicted octanol–water partition coefficient (Wildman–Crippen LogP) is 4.42. The molecule has 0 bridgehead atoms. The number of halogens is 2. The van der Waals surface area contributed by atoms with Crippen molar-refractivity contribution < 1.29 is 37.7 Å². The molecule has 0 unspecified atom stereocenters. The standard InChI is InChI=1S/C28H31F2N3O6/c1-16(2)7-24(28(35)36)39-27-23(30)12-22(29)26(33-27)38-21-10-18(14-32-25(34)15-37-3)9-20(11-21)19-6-4-5-17(8-19)13-31/h4-6,8-12,16,24H,7,13-15,31H2,1-3H3,(H,32,34)(H,35,36)/t24-/m1/s1. The molecule has 0 saturated carbocycles. The van der Waals surface area contributed by atoms with Gasteiger partial charge in [0, 0.05) is 26.3 Å². The number of carbonyl (C=O) groups excluding carboxylic acids is 1. The second kappa shape index (κ2) is 13.6. The Bertz CT molecular complexity index is 1320. The number of benzene rings is 2. The summed E-state index contributed by atoms with van der Waals surface area (Å²) >= 11 is 0. The number of hydrogen-bond donors (Lipinski definition) is 3. The summed E-state index contributed by atoms with van der Waals surface area (Å²) in [6.07, 6.45) is -1.29. The van der Waals surface area contributed by atoms with Gasteiger partial charge < -0.3 is 30.4 Å². The molecule has 1 amide bonds. The Labute approximate surface area is 224 Å². The van der Waals surface area contributed by atoms with E-state index in [1.54, 1.807) is 26.0 Å². The van der Waals surface area contributed by atoms with Crippen molar-refractivity contribution in [3.8, 4) is 28.6 Å². The normalized spacial score (nSPS) is 11.8. The molecule has 3 aromatic rings. The van der Waals surface area contributed by atoms with E-state index in [-0.39, 0.29) is 37.1 Å². The monoisotopic (exact) mass is 543 g/mol. The van der Waals surface area contributed by atoms with Gasteiger partial charge in [0.2, 0.25) is 5.91 Å². The molecule has 1 heterocycles. The molecular formula is C28H31F2N3O6. The van der Waals surface area contributed by atoms with Crippen LogP contribution in [0.1, 0.15) is 31.4 Å². The maximum absolute atomic E-state index is 14.7. The number of carboxylic acids is 1. The quantitative estimate of drug-likeness (QED) is 0.289. The van der Waals surface area contributed by atoms with Crippen LogP contribution in [0, 0.1) is 17.6 Å². The minimum Gasteiger partial charge on any atom is -0.479 e. The van der Waals surface area contributed by atoms with E-state index in [9.17, 15) is 23.5 Å².